The van der Waals surface area contributed by atoms with Crippen molar-refractivity contribution in [1.82, 2.24) is 0 Å². The van der Waals surface area contributed by atoms with Crippen molar-refractivity contribution < 1.29 is 4.79 Å². The summed E-state index contributed by atoms with van der Waals surface area (Å²) in [6.07, 6.45) is 7.54. The zero-order chi connectivity index (χ0) is 11.8. The number of halogens is 1. The topological polar surface area (TPSA) is 17.1 Å². The minimum Gasteiger partial charge on any atom is -0.299 e. The van der Waals surface area contributed by atoms with Crippen LogP contribution < -0.4 is 0 Å². The van der Waals surface area contributed by atoms with Crippen molar-refractivity contribution in [2.75, 3.05) is 0 Å². The third-order valence-electron chi connectivity index (χ3n) is 3.98. The average molecular weight is 247 g/mol. The van der Waals surface area contributed by atoms with E-state index in [1.165, 1.54) is 12.0 Å². The Bertz CT molecular complexity index is 478. The summed E-state index contributed by atoms with van der Waals surface area (Å²) in [6.45, 7) is 0. The quantitative estimate of drug-likeness (QED) is 0.685. The second-order valence-electron chi connectivity index (χ2n) is 5.01. The fraction of sp³-hybridized carbons (Fsp3) is 0.400. The van der Waals surface area contributed by atoms with Crippen LogP contribution in [-0.4, -0.2) is 5.78 Å². The molecule has 88 valence electrons. The third kappa shape index (κ3) is 1.93. The largest absolute Gasteiger partial charge is 0.299 e. The van der Waals surface area contributed by atoms with Gasteiger partial charge in [-0.3, -0.25) is 4.79 Å². The number of carbonyl (C=O) groups excluding carboxylic acids is 1. The van der Waals surface area contributed by atoms with Crippen molar-refractivity contribution in [2.45, 2.75) is 25.2 Å². The van der Waals surface area contributed by atoms with E-state index in [2.05, 4.69) is 18.2 Å². The van der Waals surface area contributed by atoms with Crippen LogP contribution in [0.1, 0.15) is 30.7 Å². The zero-order valence-corrected chi connectivity index (χ0v) is 10.4. The second kappa shape index (κ2) is 4.30. The average Bonchev–Trinajstić information content (AvgIpc) is 2.28. The Morgan fingerprint density at radius 1 is 1.18 bits per heavy atom. The van der Waals surface area contributed by atoms with E-state index in [4.69, 9.17) is 11.6 Å². The molecule has 1 saturated carbocycles. The van der Waals surface area contributed by atoms with E-state index >= 15 is 0 Å². The van der Waals surface area contributed by atoms with Crippen LogP contribution in [0.15, 0.2) is 36.4 Å². The summed E-state index contributed by atoms with van der Waals surface area (Å²) in [4.78, 5) is 12.2. The summed E-state index contributed by atoms with van der Waals surface area (Å²) in [5.74, 6) is 1.03. The lowest BCUT2D eigenvalue weighted by Gasteiger charge is -2.35. The van der Waals surface area contributed by atoms with Crippen molar-refractivity contribution in [3.63, 3.8) is 0 Å². The number of ketones is 1. The molecule has 2 heteroatoms. The molecule has 1 aromatic rings. The smallest absolute Gasteiger partial charge is 0.143 e. The van der Waals surface area contributed by atoms with Gasteiger partial charge in [0.2, 0.25) is 0 Å². The summed E-state index contributed by atoms with van der Waals surface area (Å²) in [6, 6.07) is 7.90. The van der Waals surface area contributed by atoms with E-state index in [0.29, 0.717) is 5.78 Å². The van der Waals surface area contributed by atoms with E-state index in [0.717, 1.165) is 17.9 Å². The van der Waals surface area contributed by atoms with Crippen LogP contribution in [0.4, 0.5) is 0 Å². The molecule has 1 fully saturated rings. The highest BCUT2D eigenvalue weighted by Crippen LogP contribution is 2.41. The Labute approximate surface area is 106 Å². The third-order valence-corrected chi connectivity index (χ3v) is 4.21. The Balaban J connectivity index is 1.98. The van der Waals surface area contributed by atoms with E-state index in [1.807, 2.05) is 18.2 Å². The molecule has 0 heterocycles. The van der Waals surface area contributed by atoms with E-state index in [9.17, 15) is 4.79 Å². The highest BCUT2D eigenvalue weighted by molar-refractivity contribution is 6.30. The molecule has 0 N–H and O–H groups in total. The second-order valence-corrected chi connectivity index (χ2v) is 5.45. The first kappa shape index (κ1) is 11.0. The fourth-order valence-electron chi connectivity index (χ4n) is 3.11. The Hall–Kier alpha value is -1.08. The first-order valence-electron chi connectivity index (χ1n) is 6.23. The van der Waals surface area contributed by atoms with E-state index < -0.39 is 0 Å². The lowest BCUT2D eigenvalue weighted by molar-refractivity contribution is -0.128. The molecular weight excluding hydrogens is 232 g/mol. The minimum atomic E-state index is 0.178. The molecule has 1 aromatic carbocycles. The molecule has 2 aliphatic carbocycles. The molecule has 0 radical (unpaired) electrons. The number of allylic oxidation sites excluding steroid dienone is 2. The maximum absolute atomic E-state index is 12.2. The lowest BCUT2D eigenvalue weighted by atomic mass is 9.68. The Kier molecular flexibility index (Phi) is 2.79. The standard InChI is InChI=1S/C15H15ClO/c16-12-5-1-4-11(9-12)13-8-7-10-3-2-6-14(13)15(10)17/h1,4-5,7-10,13-14H,2-3,6H2/t10-,13-,14+/m0/s1. The van der Waals surface area contributed by atoms with Gasteiger partial charge in [0.15, 0.2) is 0 Å². The number of hydrogen-bond donors (Lipinski definition) is 0. The first-order valence-corrected chi connectivity index (χ1v) is 6.61. The number of hydrogen-bond acceptors (Lipinski definition) is 1. The summed E-state index contributed by atoms with van der Waals surface area (Å²) < 4.78 is 0. The van der Waals surface area contributed by atoms with Gasteiger partial charge >= 0.3 is 0 Å². The van der Waals surface area contributed by atoms with Crippen molar-refractivity contribution in [2.24, 2.45) is 11.8 Å². The van der Waals surface area contributed by atoms with Gasteiger partial charge in [-0.15, -0.1) is 0 Å². The lowest BCUT2D eigenvalue weighted by Crippen LogP contribution is -2.34. The van der Waals surface area contributed by atoms with Crippen molar-refractivity contribution in [3.05, 3.63) is 47.0 Å². The monoisotopic (exact) mass is 246 g/mol. The van der Waals surface area contributed by atoms with Gasteiger partial charge in [-0.1, -0.05) is 42.3 Å². The number of Topliss-reactive ketones (excluding diaryl/α,β-unsaturated/α-hetero) is 1. The van der Waals surface area contributed by atoms with E-state index in [1.54, 1.807) is 0 Å². The summed E-state index contributed by atoms with van der Waals surface area (Å²) >= 11 is 6.02. The van der Waals surface area contributed by atoms with Gasteiger partial charge in [-0.05, 0) is 30.5 Å². The highest BCUT2D eigenvalue weighted by Gasteiger charge is 2.37. The van der Waals surface area contributed by atoms with Crippen molar-refractivity contribution >= 4 is 17.4 Å². The SMILES string of the molecule is O=C1[C@@H]2C=C[C@@H](c3cccc(Cl)c3)[C@H]1CCC2. The van der Waals surface area contributed by atoms with Crippen LogP contribution >= 0.6 is 11.6 Å². The van der Waals surface area contributed by atoms with E-state index in [-0.39, 0.29) is 17.8 Å². The fourth-order valence-corrected chi connectivity index (χ4v) is 3.31. The highest BCUT2D eigenvalue weighted by atomic mass is 35.5. The van der Waals surface area contributed by atoms with Crippen LogP contribution in [0.25, 0.3) is 0 Å². The van der Waals surface area contributed by atoms with Crippen LogP contribution in [0.3, 0.4) is 0 Å². The predicted molar refractivity (Wildman–Crippen MR) is 69.2 cm³/mol. The number of carbonyl (C=O) groups is 1. The summed E-state index contributed by atoms with van der Waals surface area (Å²) in [5, 5.41) is 0.751. The van der Waals surface area contributed by atoms with Gasteiger partial charge in [0.25, 0.3) is 0 Å². The van der Waals surface area contributed by atoms with Gasteiger partial charge in [-0.2, -0.15) is 0 Å². The van der Waals surface area contributed by atoms with Gasteiger partial charge in [0.05, 0.1) is 0 Å². The minimum absolute atomic E-state index is 0.178. The molecule has 3 rings (SSSR count). The van der Waals surface area contributed by atoms with Gasteiger partial charge in [0, 0.05) is 22.8 Å². The maximum Gasteiger partial charge on any atom is 0.143 e. The van der Waals surface area contributed by atoms with Crippen molar-refractivity contribution in [1.29, 1.82) is 0 Å². The van der Waals surface area contributed by atoms with Crippen molar-refractivity contribution in [3.8, 4) is 0 Å². The number of benzene rings is 1. The van der Waals surface area contributed by atoms with Gasteiger partial charge < -0.3 is 0 Å². The molecule has 0 unspecified atom stereocenters. The maximum atomic E-state index is 12.2. The Morgan fingerprint density at radius 3 is 2.88 bits per heavy atom. The molecule has 0 aromatic heterocycles. The van der Waals surface area contributed by atoms with Gasteiger partial charge in [-0.25, -0.2) is 0 Å². The zero-order valence-electron chi connectivity index (χ0n) is 9.60. The number of rotatable bonds is 1. The van der Waals surface area contributed by atoms with Gasteiger partial charge in [0.1, 0.15) is 5.78 Å². The molecule has 0 spiro atoms. The summed E-state index contributed by atoms with van der Waals surface area (Å²) in [5.41, 5.74) is 1.17. The molecule has 2 bridgehead atoms. The Morgan fingerprint density at radius 2 is 2.06 bits per heavy atom. The normalized spacial score (nSPS) is 31.6. The van der Waals surface area contributed by atoms with Crippen LogP contribution in [0, 0.1) is 11.8 Å². The molecule has 17 heavy (non-hydrogen) atoms. The van der Waals surface area contributed by atoms with Crippen LogP contribution in [-0.2, 0) is 4.79 Å². The first-order chi connectivity index (χ1) is 8.25. The molecule has 1 nitrogen and oxygen atoms in total. The molecule has 3 atom stereocenters. The molecule has 0 amide bonds. The van der Waals surface area contributed by atoms with Crippen LogP contribution in [0.5, 0.6) is 0 Å². The number of fused-ring (bicyclic) bond motifs is 2. The molecule has 0 saturated heterocycles. The molecule has 2 aliphatic rings. The molecule has 0 aliphatic heterocycles. The summed E-state index contributed by atoms with van der Waals surface area (Å²) in [7, 11) is 0. The van der Waals surface area contributed by atoms with Crippen LogP contribution in [0.2, 0.25) is 5.02 Å². The molecular formula is C15H15ClO. The predicted octanol–water partition coefficient (Wildman–Crippen LogP) is 3.98.